The maximum Gasteiger partial charge on any atom is 0.196 e. The van der Waals surface area contributed by atoms with Crippen molar-refractivity contribution < 1.29 is 0 Å². The molecule has 1 heterocycles. The SMILES string of the molecule is Cc1ccc(N2C(N)=NCC2(C)C2CCCCC2)cc1. The van der Waals surface area contributed by atoms with E-state index in [1.807, 2.05) is 0 Å². The number of hydrogen-bond donors (Lipinski definition) is 1. The number of benzene rings is 1. The lowest BCUT2D eigenvalue weighted by Crippen LogP contribution is -2.55. The molecule has 3 nitrogen and oxygen atoms in total. The first-order chi connectivity index (χ1) is 9.61. The fraction of sp³-hybridized carbons (Fsp3) is 0.588. The lowest BCUT2D eigenvalue weighted by molar-refractivity contribution is 0.238. The van der Waals surface area contributed by atoms with Gasteiger partial charge in [-0.1, -0.05) is 37.0 Å². The van der Waals surface area contributed by atoms with Crippen LogP contribution < -0.4 is 10.6 Å². The highest BCUT2D eigenvalue weighted by Crippen LogP contribution is 2.41. The van der Waals surface area contributed by atoms with Gasteiger partial charge >= 0.3 is 0 Å². The normalized spacial score (nSPS) is 27.7. The predicted octanol–water partition coefficient (Wildman–Crippen LogP) is 3.47. The van der Waals surface area contributed by atoms with Gasteiger partial charge in [-0.2, -0.15) is 0 Å². The van der Waals surface area contributed by atoms with Crippen LogP contribution in [0.3, 0.4) is 0 Å². The molecule has 1 atom stereocenters. The van der Waals surface area contributed by atoms with E-state index >= 15 is 0 Å². The summed E-state index contributed by atoms with van der Waals surface area (Å²) in [5, 5.41) is 0. The molecule has 1 saturated carbocycles. The molecule has 1 aromatic carbocycles. The average Bonchev–Trinajstić information content (AvgIpc) is 2.78. The van der Waals surface area contributed by atoms with Crippen LogP contribution in [-0.2, 0) is 0 Å². The minimum atomic E-state index is 0.0553. The predicted molar refractivity (Wildman–Crippen MR) is 85.1 cm³/mol. The molecule has 0 aromatic heterocycles. The van der Waals surface area contributed by atoms with Crippen molar-refractivity contribution in [2.24, 2.45) is 16.6 Å². The van der Waals surface area contributed by atoms with E-state index in [4.69, 9.17) is 5.73 Å². The Bertz CT molecular complexity index is 499. The second-order valence-corrected chi connectivity index (χ2v) is 6.54. The molecule has 0 radical (unpaired) electrons. The minimum Gasteiger partial charge on any atom is -0.369 e. The third-order valence-corrected chi connectivity index (χ3v) is 5.08. The monoisotopic (exact) mass is 271 g/mol. The van der Waals surface area contributed by atoms with Gasteiger partial charge in [0.25, 0.3) is 0 Å². The van der Waals surface area contributed by atoms with Gasteiger partial charge in [-0.25, -0.2) is 0 Å². The molecule has 1 unspecified atom stereocenters. The Morgan fingerprint density at radius 2 is 1.80 bits per heavy atom. The van der Waals surface area contributed by atoms with E-state index in [9.17, 15) is 0 Å². The first-order valence-corrected chi connectivity index (χ1v) is 7.78. The smallest absolute Gasteiger partial charge is 0.196 e. The van der Waals surface area contributed by atoms with Crippen molar-refractivity contribution in [3.8, 4) is 0 Å². The van der Waals surface area contributed by atoms with E-state index in [1.165, 1.54) is 43.4 Å². The van der Waals surface area contributed by atoms with Crippen LogP contribution in [-0.4, -0.2) is 18.0 Å². The number of rotatable bonds is 2. The third kappa shape index (κ3) is 2.19. The van der Waals surface area contributed by atoms with Crippen LogP contribution in [0.4, 0.5) is 5.69 Å². The van der Waals surface area contributed by atoms with E-state index in [0.717, 1.165) is 6.54 Å². The minimum absolute atomic E-state index is 0.0553. The average molecular weight is 271 g/mol. The zero-order valence-corrected chi connectivity index (χ0v) is 12.6. The van der Waals surface area contributed by atoms with Crippen LogP contribution in [0.15, 0.2) is 29.3 Å². The number of guanidine groups is 1. The van der Waals surface area contributed by atoms with Crippen molar-refractivity contribution in [3.63, 3.8) is 0 Å². The van der Waals surface area contributed by atoms with Gasteiger partial charge in [0.2, 0.25) is 0 Å². The topological polar surface area (TPSA) is 41.6 Å². The van der Waals surface area contributed by atoms with Crippen LogP contribution >= 0.6 is 0 Å². The van der Waals surface area contributed by atoms with Crippen LogP contribution in [0.1, 0.15) is 44.6 Å². The number of nitrogens with two attached hydrogens (primary N) is 1. The van der Waals surface area contributed by atoms with Gasteiger partial charge < -0.3 is 10.6 Å². The van der Waals surface area contributed by atoms with E-state index in [-0.39, 0.29) is 5.54 Å². The molecule has 0 bridgehead atoms. The van der Waals surface area contributed by atoms with Crippen molar-refractivity contribution in [3.05, 3.63) is 29.8 Å². The second kappa shape index (κ2) is 5.12. The van der Waals surface area contributed by atoms with Gasteiger partial charge in [0, 0.05) is 5.69 Å². The van der Waals surface area contributed by atoms with E-state index < -0.39 is 0 Å². The number of aryl methyl sites for hydroxylation is 1. The molecule has 20 heavy (non-hydrogen) atoms. The van der Waals surface area contributed by atoms with Crippen LogP contribution in [0, 0.1) is 12.8 Å². The highest BCUT2D eigenvalue weighted by Gasteiger charge is 2.45. The van der Waals surface area contributed by atoms with Crippen molar-refractivity contribution in [1.82, 2.24) is 0 Å². The van der Waals surface area contributed by atoms with Crippen molar-refractivity contribution >= 4 is 11.6 Å². The standard InChI is InChI=1S/C17H25N3/c1-13-8-10-15(11-9-13)20-16(18)19-12-17(20,2)14-6-4-3-5-7-14/h8-11,14H,3-7,12H2,1-2H3,(H2,18,19). The van der Waals surface area contributed by atoms with Gasteiger partial charge in [0.15, 0.2) is 5.96 Å². The first kappa shape index (κ1) is 13.5. The maximum atomic E-state index is 6.21. The summed E-state index contributed by atoms with van der Waals surface area (Å²) >= 11 is 0. The highest BCUT2D eigenvalue weighted by atomic mass is 15.4. The molecule has 3 heteroatoms. The molecule has 1 aromatic rings. The largest absolute Gasteiger partial charge is 0.369 e. The van der Waals surface area contributed by atoms with E-state index in [2.05, 4.69) is 48.0 Å². The van der Waals surface area contributed by atoms with E-state index in [0.29, 0.717) is 11.9 Å². The Hall–Kier alpha value is -1.51. The maximum absolute atomic E-state index is 6.21. The lowest BCUT2D eigenvalue weighted by Gasteiger charge is -2.44. The second-order valence-electron chi connectivity index (χ2n) is 6.54. The van der Waals surface area contributed by atoms with Crippen molar-refractivity contribution in [2.45, 2.75) is 51.5 Å². The molecule has 108 valence electrons. The molecule has 0 spiro atoms. The molecule has 0 amide bonds. The molecule has 3 rings (SSSR count). The Morgan fingerprint density at radius 1 is 1.15 bits per heavy atom. The Labute approximate surface area is 121 Å². The fourth-order valence-corrected chi connectivity index (χ4v) is 3.80. The number of anilines is 1. The molecule has 1 fully saturated rings. The molecular weight excluding hydrogens is 246 g/mol. The summed E-state index contributed by atoms with van der Waals surface area (Å²) in [6.45, 7) is 5.29. The van der Waals surface area contributed by atoms with Gasteiger partial charge in [0.05, 0.1) is 12.1 Å². The van der Waals surface area contributed by atoms with Gasteiger partial charge in [-0.3, -0.25) is 4.99 Å². The number of hydrogen-bond acceptors (Lipinski definition) is 3. The molecule has 2 aliphatic rings. The molecule has 1 aliphatic heterocycles. The lowest BCUT2D eigenvalue weighted by atomic mass is 9.75. The summed E-state index contributed by atoms with van der Waals surface area (Å²) in [5.41, 5.74) is 8.73. The van der Waals surface area contributed by atoms with Crippen LogP contribution in [0.2, 0.25) is 0 Å². The summed E-state index contributed by atoms with van der Waals surface area (Å²) < 4.78 is 0. The van der Waals surface area contributed by atoms with Crippen LogP contribution in [0.5, 0.6) is 0 Å². The summed E-state index contributed by atoms with van der Waals surface area (Å²) in [6, 6.07) is 8.65. The molecule has 0 saturated heterocycles. The number of aliphatic imine (C=N–C) groups is 1. The fourth-order valence-electron chi connectivity index (χ4n) is 3.80. The van der Waals surface area contributed by atoms with Crippen molar-refractivity contribution in [1.29, 1.82) is 0 Å². The Balaban J connectivity index is 1.92. The Morgan fingerprint density at radius 3 is 2.45 bits per heavy atom. The molecular formula is C17H25N3. The zero-order valence-electron chi connectivity index (χ0n) is 12.6. The first-order valence-electron chi connectivity index (χ1n) is 7.78. The van der Waals surface area contributed by atoms with E-state index in [1.54, 1.807) is 0 Å². The zero-order chi connectivity index (χ0) is 14.2. The van der Waals surface area contributed by atoms with Crippen LogP contribution in [0.25, 0.3) is 0 Å². The summed E-state index contributed by atoms with van der Waals surface area (Å²) in [7, 11) is 0. The quantitative estimate of drug-likeness (QED) is 0.895. The van der Waals surface area contributed by atoms with Crippen molar-refractivity contribution in [2.75, 3.05) is 11.4 Å². The number of nitrogens with zero attached hydrogens (tertiary/aromatic N) is 2. The van der Waals surface area contributed by atoms with Gasteiger partial charge in [-0.15, -0.1) is 0 Å². The van der Waals surface area contributed by atoms with Gasteiger partial charge in [-0.05, 0) is 44.7 Å². The van der Waals surface area contributed by atoms with Gasteiger partial charge in [0.1, 0.15) is 0 Å². The summed E-state index contributed by atoms with van der Waals surface area (Å²) in [4.78, 5) is 6.85. The third-order valence-electron chi connectivity index (χ3n) is 5.08. The Kier molecular flexibility index (Phi) is 3.45. The summed E-state index contributed by atoms with van der Waals surface area (Å²) in [5.74, 6) is 1.38. The summed E-state index contributed by atoms with van der Waals surface area (Å²) in [6.07, 6.45) is 6.70. The molecule has 1 aliphatic carbocycles. The highest BCUT2D eigenvalue weighted by molar-refractivity contribution is 5.98. The molecule has 2 N–H and O–H groups in total.